The van der Waals surface area contributed by atoms with Gasteiger partial charge in [-0.25, -0.2) is 4.79 Å². The summed E-state index contributed by atoms with van der Waals surface area (Å²) in [5.74, 6) is 0.815. The molecule has 1 rings (SSSR count). The molecule has 6 nitrogen and oxygen atoms in total. The number of amidine groups is 1. The summed E-state index contributed by atoms with van der Waals surface area (Å²) in [5.41, 5.74) is -0.472. The molecule has 0 saturated carbocycles. The van der Waals surface area contributed by atoms with Crippen molar-refractivity contribution in [3.63, 3.8) is 0 Å². The second-order valence-corrected chi connectivity index (χ2v) is 5.59. The maximum Gasteiger partial charge on any atom is 0.410 e. The largest absolute Gasteiger partial charge is 0.444 e. The van der Waals surface area contributed by atoms with Crippen LogP contribution < -0.4 is 5.32 Å². The summed E-state index contributed by atoms with van der Waals surface area (Å²) >= 11 is 0. The van der Waals surface area contributed by atoms with Gasteiger partial charge < -0.3 is 15.2 Å². The van der Waals surface area contributed by atoms with Crippen LogP contribution in [0.25, 0.3) is 0 Å². The van der Waals surface area contributed by atoms with E-state index in [0.29, 0.717) is 19.6 Å². The molecule has 0 radical (unpaired) electrons. The lowest BCUT2D eigenvalue weighted by atomic mass is 10.2. The van der Waals surface area contributed by atoms with E-state index in [1.54, 1.807) is 4.90 Å². The first-order chi connectivity index (χ1) is 8.92. The SMILES string of the molecule is CC(C)(C)OC(=O)N1CCN=C(NCCCCO)C1. The Morgan fingerprint density at radius 2 is 2.21 bits per heavy atom. The number of ether oxygens (including phenoxy) is 1. The van der Waals surface area contributed by atoms with Crippen LogP contribution in [0.15, 0.2) is 4.99 Å². The number of unbranched alkanes of at least 4 members (excludes halogenated alkanes) is 1. The highest BCUT2D eigenvalue weighted by molar-refractivity contribution is 5.87. The number of aliphatic hydroxyl groups is 1. The number of carbonyl (C=O) groups is 1. The van der Waals surface area contributed by atoms with Gasteiger partial charge in [-0.05, 0) is 33.6 Å². The molecule has 19 heavy (non-hydrogen) atoms. The number of rotatable bonds is 4. The van der Waals surface area contributed by atoms with E-state index in [2.05, 4.69) is 10.3 Å². The van der Waals surface area contributed by atoms with Gasteiger partial charge in [0.1, 0.15) is 11.4 Å². The molecular weight excluding hydrogens is 246 g/mol. The van der Waals surface area contributed by atoms with E-state index in [1.807, 2.05) is 20.8 Å². The Bertz CT molecular complexity index is 324. The Balaban J connectivity index is 2.36. The molecule has 0 aromatic rings. The summed E-state index contributed by atoms with van der Waals surface area (Å²) in [6, 6.07) is 0. The minimum Gasteiger partial charge on any atom is -0.444 e. The number of amides is 1. The van der Waals surface area contributed by atoms with Gasteiger partial charge in [0.15, 0.2) is 0 Å². The van der Waals surface area contributed by atoms with Crippen molar-refractivity contribution in [1.29, 1.82) is 0 Å². The van der Waals surface area contributed by atoms with Gasteiger partial charge in [-0.3, -0.25) is 9.89 Å². The molecule has 1 heterocycles. The Morgan fingerprint density at radius 1 is 1.47 bits per heavy atom. The first-order valence-corrected chi connectivity index (χ1v) is 6.78. The van der Waals surface area contributed by atoms with Crippen molar-refractivity contribution >= 4 is 11.9 Å². The van der Waals surface area contributed by atoms with E-state index in [1.165, 1.54) is 0 Å². The summed E-state index contributed by atoms with van der Waals surface area (Å²) < 4.78 is 5.34. The maximum atomic E-state index is 11.9. The van der Waals surface area contributed by atoms with Crippen LogP contribution in [0.1, 0.15) is 33.6 Å². The molecular formula is C13H25N3O3. The molecule has 1 aliphatic heterocycles. The van der Waals surface area contributed by atoms with Gasteiger partial charge in [0.2, 0.25) is 0 Å². The van der Waals surface area contributed by atoms with Gasteiger partial charge in [0.25, 0.3) is 0 Å². The summed E-state index contributed by atoms with van der Waals surface area (Å²) in [4.78, 5) is 17.9. The van der Waals surface area contributed by atoms with Crippen molar-refractivity contribution in [3.05, 3.63) is 0 Å². The van der Waals surface area contributed by atoms with Crippen LogP contribution in [0.4, 0.5) is 4.79 Å². The van der Waals surface area contributed by atoms with Gasteiger partial charge in [-0.15, -0.1) is 0 Å². The van der Waals surface area contributed by atoms with Crippen LogP contribution in [0.3, 0.4) is 0 Å². The molecule has 1 aliphatic rings. The molecule has 0 aromatic heterocycles. The van der Waals surface area contributed by atoms with Gasteiger partial charge in [-0.2, -0.15) is 0 Å². The molecule has 6 heteroatoms. The van der Waals surface area contributed by atoms with Gasteiger partial charge >= 0.3 is 6.09 Å². The highest BCUT2D eigenvalue weighted by atomic mass is 16.6. The van der Waals surface area contributed by atoms with Crippen molar-refractivity contribution in [1.82, 2.24) is 10.2 Å². The smallest absolute Gasteiger partial charge is 0.410 e. The third kappa shape index (κ3) is 6.42. The Kier molecular flexibility index (Phi) is 6.08. The minimum absolute atomic E-state index is 0.207. The average molecular weight is 271 g/mol. The number of nitrogens with one attached hydrogen (secondary N) is 1. The molecule has 110 valence electrons. The molecule has 0 atom stereocenters. The molecule has 0 fully saturated rings. The predicted octanol–water partition coefficient (Wildman–Crippen LogP) is 0.998. The second kappa shape index (κ2) is 7.33. The van der Waals surface area contributed by atoms with E-state index < -0.39 is 5.60 Å². The van der Waals surface area contributed by atoms with E-state index >= 15 is 0 Å². The highest BCUT2D eigenvalue weighted by Crippen LogP contribution is 2.10. The van der Waals surface area contributed by atoms with Crippen LogP contribution in [0, 0.1) is 0 Å². The highest BCUT2D eigenvalue weighted by Gasteiger charge is 2.24. The Hall–Kier alpha value is -1.30. The lowest BCUT2D eigenvalue weighted by molar-refractivity contribution is 0.0276. The molecule has 0 spiro atoms. The molecule has 0 saturated heterocycles. The maximum absolute atomic E-state index is 11.9. The normalized spacial score (nSPS) is 16.0. The zero-order valence-corrected chi connectivity index (χ0v) is 12.1. The second-order valence-electron chi connectivity index (χ2n) is 5.59. The van der Waals surface area contributed by atoms with Crippen LogP contribution >= 0.6 is 0 Å². The third-order valence-corrected chi connectivity index (χ3v) is 2.58. The fraction of sp³-hybridized carbons (Fsp3) is 0.846. The Labute approximate surface area is 114 Å². The van der Waals surface area contributed by atoms with E-state index in [-0.39, 0.29) is 12.7 Å². The van der Waals surface area contributed by atoms with Crippen molar-refractivity contribution in [2.45, 2.75) is 39.2 Å². The van der Waals surface area contributed by atoms with Crippen molar-refractivity contribution in [2.75, 3.05) is 32.8 Å². The monoisotopic (exact) mass is 271 g/mol. The predicted molar refractivity (Wildman–Crippen MR) is 74.4 cm³/mol. The number of aliphatic hydroxyl groups excluding tert-OH is 1. The van der Waals surface area contributed by atoms with E-state index in [9.17, 15) is 4.79 Å². The minimum atomic E-state index is -0.472. The lowest BCUT2D eigenvalue weighted by Gasteiger charge is -2.29. The van der Waals surface area contributed by atoms with Crippen molar-refractivity contribution < 1.29 is 14.6 Å². The molecule has 0 aromatic carbocycles. The van der Waals surface area contributed by atoms with Crippen LogP contribution in [0.2, 0.25) is 0 Å². The first-order valence-electron chi connectivity index (χ1n) is 6.78. The van der Waals surface area contributed by atoms with E-state index in [0.717, 1.165) is 25.2 Å². The van der Waals surface area contributed by atoms with Crippen molar-refractivity contribution in [3.8, 4) is 0 Å². The van der Waals surface area contributed by atoms with E-state index in [4.69, 9.17) is 9.84 Å². The number of aliphatic imine (C=N–C) groups is 1. The number of hydrogen-bond donors (Lipinski definition) is 2. The molecule has 0 unspecified atom stereocenters. The van der Waals surface area contributed by atoms with Crippen LogP contribution in [-0.2, 0) is 4.74 Å². The zero-order valence-electron chi connectivity index (χ0n) is 12.1. The van der Waals surface area contributed by atoms with Gasteiger partial charge in [0.05, 0.1) is 13.1 Å². The summed E-state index contributed by atoms with van der Waals surface area (Å²) in [6.45, 7) is 8.21. The molecule has 0 aliphatic carbocycles. The van der Waals surface area contributed by atoms with Crippen LogP contribution in [0.5, 0.6) is 0 Å². The summed E-state index contributed by atoms with van der Waals surface area (Å²) in [7, 11) is 0. The molecule has 1 amide bonds. The summed E-state index contributed by atoms with van der Waals surface area (Å²) in [5, 5.41) is 11.9. The fourth-order valence-electron chi connectivity index (χ4n) is 1.68. The molecule has 2 N–H and O–H groups in total. The van der Waals surface area contributed by atoms with Crippen molar-refractivity contribution in [2.24, 2.45) is 4.99 Å². The quantitative estimate of drug-likeness (QED) is 0.748. The zero-order chi connectivity index (χ0) is 14.3. The lowest BCUT2D eigenvalue weighted by Crippen LogP contribution is -2.47. The topological polar surface area (TPSA) is 74.2 Å². The third-order valence-electron chi connectivity index (χ3n) is 2.58. The fourth-order valence-corrected chi connectivity index (χ4v) is 1.68. The standard InChI is InChI=1S/C13H25N3O3/c1-13(2,3)19-12(18)16-8-7-15-11(10-16)14-6-4-5-9-17/h17H,4-10H2,1-3H3,(H,14,15). The van der Waals surface area contributed by atoms with Gasteiger partial charge in [0, 0.05) is 19.7 Å². The van der Waals surface area contributed by atoms with Gasteiger partial charge in [-0.1, -0.05) is 0 Å². The summed E-state index contributed by atoms with van der Waals surface area (Å²) in [6.07, 6.45) is 1.37. The Morgan fingerprint density at radius 3 is 2.84 bits per heavy atom. The number of carbonyl (C=O) groups excluding carboxylic acids is 1. The molecule has 0 bridgehead atoms. The number of nitrogens with zero attached hydrogens (tertiary/aromatic N) is 2. The van der Waals surface area contributed by atoms with Crippen LogP contribution in [-0.4, -0.2) is 60.3 Å². The number of hydrogen-bond acceptors (Lipinski definition) is 5. The first kappa shape index (κ1) is 15.8. The average Bonchev–Trinajstić information content (AvgIpc) is 2.33.